The Labute approximate surface area is 116 Å². The molecule has 5 nitrogen and oxygen atoms in total. The van der Waals surface area contributed by atoms with Crippen molar-refractivity contribution >= 4 is 6.08 Å². The van der Waals surface area contributed by atoms with E-state index in [4.69, 9.17) is 0 Å². The van der Waals surface area contributed by atoms with Gasteiger partial charge < -0.3 is 4.98 Å². The van der Waals surface area contributed by atoms with Crippen LogP contribution in [-0.2, 0) is 10.3 Å². The summed E-state index contributed by atoms with van der Waals surface area (Å²) in [5.74, 6) is 0. The predicted molar refractivity (Wildman–Crippen MR) is 74.8 cm³/mol. The number of aromatic amines is 1. The van der Waals surface area contributed by atoms with E-state index in [0.29, 0.717) is 0 Å². The van der Waals surface area contributed by atoms with Crippen LogP contribution < -0.4 is 5.69 Å². The minimum Gasteiger partial charge on any atom is -0.312 e. The normalized spacial score (nSPS) is 16.2. The minimum absolute atomic E-state index is 0.181. The Hall–Kier alpha value is -2.39. The van der Waals surface area contributed by atoms with Crippen molar-refractivity contribution in [2.75, 3.05) is 0 Å². The van der Waals surface area contributed by atoms with Crippen LogP contribution in [0.1, 0.15) is 30.5 Å². The number of nitrogens with zero attached hydrogens (tertiary/aromatic N) is 2. The molecule has 0 unspecified atom stereocenters. The van der Waals surface area contributed by atoms with E-state index in [1.165, 1.54) is 0 Å². The molecule has 1 aliphatic rings. The first kappa shape index (κ1) is 12.6. The maximum atomic E-state index is 12.0. The van der Waals surface area contributed by atoms with Crippen LogP contribution in [0.3, 0.4) is 0 Å². The summed E-state index contributed by atoms with van der Waals surface area (Å²) >= 11 is 0. The molecule has 0 aliphatic heterocycles. The van der Waals surface area contributed by atoms with Gasteiger partial charge in [0.1, 0.15) is 5.54 Å². The summed E-state index contributed by atoms with van der Waals surface area (Å²) in [6.07, 6.45) is 6.03. The second-order valence-corrected chi connectivity index (χ2v) is 5.18. The fourth-order valence-electron chi connectivity index (χ4n) is 2.86. The van der Waals surface area contributed by atoms with E-state index in [0.717, 1.165) is 36.2 Å². The van der Waals surface area contributed by atoms with Gasteiger partial charge in [0, 0.05) is 17.5 Å². The van der Waals surface area contributed by atoms with E-state index < -0.39 is 5.54 Å². The summed E-state index contributed by atoms with van der Waals surface area (Å²) in [6.45, 7) is 1.87. The van der Waals surface area contributed by atoms with Crippen LogP contribution in [0.25, 0.3) is 5.69 Å². The summed E-state index contributed by atoms with van der Waals surface area (Å²) in [7, 11) is 0. The number of para-hydroxylation sites is 1. The van der Waals surface area contributed by atoms with Gasteiger partial charge in [-0.15, -0.1) is 0 Å². The Morgan fingerprint density at radius 1 is 1.35 bits per heavy atom. The summed E-state index contributed by atoms with van der Waals surface area (Å²) in [6, 6.07) is 7.62. The number of aliphatic imine (C=N–C) groups is 1. The van der Waals surface area contributed by atoms with Gasteiger partial charge >= 0.3 is 5.69 Å². The maximum Gasteiger partial charge on any atom is 0.330 e. The number of rotatable bonds is 3. The van der Waals surface area contributed by atoms with Crippen molar-refractivity contribution in [2.45, 2.75) is 31.7 Å². The van der Waals surface area contributed by atoms with Gasteiger partial charge in [-0.2, -0.15) is 4.99 Å². The summed E-state index contributed by atoms with van der Waals surface area (Å²) in [5.41, 5.74) is 1.84. The van der Waals surface area contributed by atoms with E-state index >= 15 is 0 Å². The second-order valence-electron chi connectivity index (χ2n) is 5.18. The molecule has 5 heteroatoms. The Morgan fingerprint density at radius 2 is 2.10 bits per heavy atom. The summed E-state index contributed by atoms with van der Waals surface area (Å²) in [4.78, 5) is 29.4. The summed E-state index contributed by atoms with van der Waals surface area (Å²) in [5, 5.41) is 0. The molecule has 1 aliphatic carbocycles. The van der Waals surface area contributed by atoms with Gasteiger partial charge in [0.15, 0.2) is 0 Å². The van der Waals surface area contributed by atoms with Gasteiger partial charge in [-0.3, -0.25) is 4.57 Å². The van der Waals surface area contributed by atoms with Crippen molar-refractivity contribution in [1.82, 2.24) is 9.55 Å². The molecule has 0 saturated heterocycles. The number of isocyanates is 1. The molecule has 1 heterocycles. The zero-order valence-electron chi connectivity index (χ0n) is 11.2. The molecule has 102 valence electrons. The molecule has 0 bridgehead atoms. The van der Waals surface area contributed by atoms with Crippen molar-refractivity contribution in [3.63, 3.8) is 0 Å². The molecule has 3 rings (SSSR count). The van der Waals surface area contributed by atoms with E-state index in [1.807, 2.05) is 31.2 Å². The Kier molecular flexibility index (Phi) is 2.92. The Morgan fingerprint density at radius 3 is 2.65 bits per heavy atom. The summed E-state index contributed by atoms with van der Waals surface area (Å²) < 4.78 is 1.62. The zero-order valence-corrected chi connectivity index (χ0v) is 11.2. The molecule has 2 aromatic rings. The van der Waals surface area contributed by atoms with Crippen LogP contribution in [-0.4, -0.2) is 15.6 Å². The fraction of sp³-hybridized carbons (Fsp3) is 0.333. The zero-order chi connectivity index (χ0) is 14.2. The molecular formula is C15H15N3O2. The van der Waals surface area contributed by atoms with Gasteiger partial charge in [0.2, 0.25) is 6.08 Å². The Balaban J connectivity index is 2.24. The van der Waals surface area contributed by atoms with Crippen LogP contribution in [0.15, 0.2) is 40.2 Å². The largest absolute Gasteiger partial charge is 0.330 e. The van der Waals surface area contributed by atoms with E-state index in [9.17, 15) is 9.59 Å². The van der Waals surface area contributed by atoms with Crippen molar-refractivity contribution in [1.29, 1.82) is 0 Å². The SMILES string of the molecule is Cc1c[nH]c(=O)n1-c1ccccc1C1(N=C=O)CCC1. The molecule has 20 heavy (non-hydrogen) atoms. The van der Waals surface area contributed by atoms with Gasteiger partial charge in [0.05, 0.1) is 5.69 Å². The number of carbonyl (C=O) groups excluding carboxylic acids is 1. The van der Waals surface area contributed by atoms with E-state index in [-0.39, 0.29) is 5.69 Å². The quantitative estimate of drug-likeness (QED) is 0.685. The minimum atomic E-state index is -0.512. The highest BCUT2D eigenvalue weighted by Gasteiger charge is 2.40. The van der Waals surface area contributed by atoms with Gasteiger partial charge in [-0.1, -0.05) is 18.2 Å². The third kappa shape index (κ3) is 1.75. The van der Waals surface area contributed by atoms with Crippen molar-refractivity contribution < 1.29 is 4.79 Å². The van der Waals surface area contributed by atoms with Gasteiger partial charge in [0.25, 0.3) is 0 Å². The van der Waals surface area contributed by atoms with Crippen molar-refractivity contribution in [3.8, 4) is 5.69 Å². The molecule has 1 aromatic heterocycles. The molecule has 0 spiro atoms. The number of H-pyrrole nitrogens is 1. The highest BCUT2D eigenvalue weighted by atomic mass is 16.1. The first-order valence-corrected chi connectivity index (χ1v) is 6.64. The number of nitrogens with one attached hydrogen (secondary N) is 1. The average molecular weight is 269 g/mol. The predicted octanol–water partition coefficient (Wildman–Crippen LogP) is 2.19. The first-order valence-electron chi connectivity index (χ1n) is 6.64. The monoisotopic (exact) mass is 269 g/mol. The number of hydrogen-bond donors (Lipinski definition) is 1. The molecule has 1 saturated carbocycles. The van der Waals surface area contributed by atoms with Crippen LogP contribution in [0.5, 0.6) is 0 Å². The first-order chi connectivity index (χ1) is 9.68. The van der Waals surface area contributed by atoms with Gasteiger partial charge in [-0.25, -0.2) is 9.59 Å². The second kappa shape index (κ2) is 4.62. The number of imidazole rings is 1. The standard InChI is InChI=1S/C15H15N3O2/c1-11-9-16-14(20)18(11)13-6-3-2-5-12(13)15(17-10-19)7-4-8-15/h2-3,5-6,9H,4,7-8H2,1H3,(H,16,20). The number of hydrogen-bond acceptors (Lipinski definition) is 3. The molecule has 1 aromatic carbocycles. The van der Waals surface area contributed by atoms with E-state index in [1.54, 1.807) is 16.8 Å². The molecule has 1 fully saturated rings. The lowest BCUT2D eigenvalue weighted by atomic mass is 9.72. The smallest absolute Gasteiger partial charge is 0.312 e. The van der Waals surface area contributed by atoms with Gasteiger partial charge in [-0.05, 0) is 32.3 Å². The topological polar surface area (TPSA) is 67.2 Å². The van der Waals surface area contributed by atoms with Crippen LogP contribution in [0, 0.1) is 6.92 Å². The number of benzene rings is 1. The lowest BCUT2D eigenvalue weighted by molar-refractivity contribution is 0.255. The maximum absolute atomic E-state index is 12.0. The van der Waals surface area contributed by atoms with E-state index in [2.05, 4.69) is 9.98 Å². The Bertz CT molecular complexity index is 746. The lowest BCUT2D eigenvalue weighted by Gasteiger charge is -2.38. The fourth-order valence-corrected chi connectivity index (χ4v) is 2.86. The number of aromatic nitrogens is 2. The molecule has 1 N–H and O–H groups in total. The molecule has 0 radical (unpaired) electrons. The average Bonchev–Trinajstić information content (AvgIpc) is 2.74. The highest BCUT2D eigenvalue weighted by molar-refractivity contribution is 5.50. The van der Waals surface area contributed by atoms with Crippen LogP contribution >= 0.6 is 0 Å². The van der Waals surface area contributed by atoms with Crippen LogP contribution in [0.2, 0.25) is 0 Å². The van der Waals surface area contributed by atoms with Crippen molar-refractivity contribution in [2.24, 2.45) is 4.99 Å². The molecular weight excluding hydrogens is 254 g/mol. The third-order valence-corrected chi connectivity index (χ3v) is 4.05. The van der Waals surface area contributed by atoms with Crippen LogP contribution in [0.4, 0.5) is 0 Å². The van der Waals surface area contributed by atoms with Crippen molar-refractivity contribution in [3.05, 3.63) is 52.2 Å². The molecule has 0 amide bonds. The lowest BCUT2D eigenvalue weighted by Crippen LogP contribution is -2.34. The highest BCUT2D eigenvalue weighted by Crippen LogP contribution is 2.46. The number of aryl methyl sites for hydroxylation is 1. The molecule has 0 atom stereocenters. The third-order valence-electron chi connectivity index (χ3n) is 4.05.